The molecule has 0 spiro atoms. The average Bonchev–Trinajstić information content (AvgIpc) is 3.42. The topological polar surface area (TPSA) is 132 Å². The number of carbonyl (C=O) groups excluding carboxylic acids is 2. The van der Waals surface area contributed by atoms with E-state index in [4.69, 9.17) is 4.74 Å². The third-order valence-corrected chi connectivity index (χ3v) is 8.43. The zero-order chi connectivity index (χ0) is 27.9. The summed E-state index contributed by atoms with van der Waals surface area (Å²) in [5.41, 5.74) is 4.32. The van der Waals surface area contributed by atoms with Gasteiger partial charge in [-0.1, -0.05) is 11.3 Å². The largest absolute Gasteiger partial charge is 0.379 e. The van der Waals surface area contributed by atoms with Gasteiger partial charge in [0.05, 0.1) is 54.2 Å². The normalized spacial score (nSPS) is 21.0. The van der Waals surface area contributed by atoms with E-state index in [2.05, 4.69) is 35.9 Å². The summed E-state index contributed by atoms with van der Waals surface area (Å²) in [5.74, 6) is 1.12. The fourth-order valence-corrected chi connectivity index (χ4v) is 5.92. The standard InChI is InChI=1S/C29H33N9O3/c1-18-25(10-23(12-30-18)32-27(39)16-36-8-6-21(13-36)19-2-3-19)33-29(40)28-26-5-4-20(14-38(26)35-34-28)22-11-31-37(15-22)24-7-9-41-17-24/h4-5,10-12,14-15,19,21,24H,2-3,6-9,13,16-17H2,1H3,(H,32,39)(H,33,40). The number of amides is 2. The molecule has 0 radical (unpaired) electrons. The molecule has 1 saturated carbocycles. The van der Waals surface area contributed by atoms with Gasteiger partial charge < -0.3 is 15.4 Å². The maximum Gasteiger partial charge on any atom is 0.278 e. The van der Waals surface area contributed by atoms with E-state index in [1.807, 2.05) is 35.4 Å². The van der Waals surface area contributed by atoms with Crippen LogP contribution in [0.2, 0.25) is 0 Å². The lowest BCUT2D eigenvalue weighted by Gasteiger charge is -2.16. The second-order valence-electron chi connectivity index (χ2n) is 11.4. The molecule has 3 fully saturated rings. The Kier molecular flexibility index (Phi) is 6.71. The molecule has 0 bridgehead atoms. The molecule has 4 aromatic heterocycles. The van der Waals surface area contributed by atoms with Crippen LogP contribution in [-0.4, -0.2) is 79.2 Å². The lowest BCUT2D eigenvalue weighted by atomic mass is 10.0. The zero-order valence-electron chi connectivity index (χ0n) is 23.0. The molecule has 41 heavy (non-hydrogen) atoms. The Morgan fingerprint density at radius 1 is 1.05 bits per heavy atom. The third kappa shape index (κ3) is 5.44. The molecule has 12 nitrogen and oxygen atoms in total. The number of nitrogens with zero attached hydrogens (tertiary/aromatic N) is 7. The third-order valence-electron chi connectivity index (χ3n) is 8.43. The van der Waals surface area contributed by atoms with Crippen molar-refractivity contribution in [3.05, 3.63) is 54.4 Å². The number of aromatic nitrogens is 6. The molecule has 6 heterocycles. The van der Waals surface area contributed by atoms with Gasteiger partial charge in [0.15, 0.2) is 5.69 Å². The lowest BCUT2D eigenvalue weighted by Crippen LogP contribution is -2.31. The fourth-order valence-electron chi connectivity index (χ4n) is 5.92. The number of nitrogens with one attached hydrogen (secondary N) is 2. The van der Waals surface area contributed by atoms with E-state index in [1.54, 1.807) is 23.7 Å². The molecule has 4 aromatic rings. The highest BCUT2D eigenvalue weighted by molar-refractivity contribution is 6.08. The number of likely N-dealkylation sites (tertiary alicyclic amines) is 1. The van der Waals surface area contributed by atoms with Gasteiger partial charge in [0.2, 0.25) is 5.91 Å². The predicted molar refractivity (Wildman–Crippen MR) is 152 cm³/mol. The summed E-state index contributed by atoms with van der Waals surface area (Å²) < 4.78 is 9.01. The SMILES string of the molecule is Cc1ncc(NC(=O)CN2CCC(C3CC3)C2)cc1NC(=O)c1nnn2cc(-c3cnn(C4CCOC4)c3)ccc12. The van der Waals surface area contributed by atoms with Crippen molar-refractivity contribution in [3.8, 4) is 11.1 Å². The number of aryl methyl sites for hydroxylation is 1. The highest BCUT2D eigenvalue weighted by atomic mass is 16.5. The Labute approximate surface area is 237 Å². The number of carbonyl (C=O) groups is 2. The molecule has 2 aliphatic heterocycles. The highest BCUT2D eigenvalue weighted by Crippen LogP contribution is 2.41. The van der Waals surface area contributed by atoms with Crippen molar-refractivity contribution in [1.29, 1.82) is 0 Å². The van der Waals surface area contributed by atoms with Crippen molar-refractivity contribution in [2.75, 3.05) is 43.5 Å². The van der Waals surface area contributed by atoms with Crippen LogP contribution in [0.5, 0.6) is 0 Å². The van der Waals surface area contributed by atoms with Crippen molar-refractivity contribution >= 4 is 28.7 Å². The van der Waals surface area contributed by atoms with Crippen LogP contribution >= 0.6 is 0 Å². The van der Waals surface area contributed by atoms with Gasteiger partial charge in [0, 0.05) is 36.7 Å². The minimum Gasteiger partial charge on any atom is -0.379 e. The Morgan fingerprint density at radius 2 is 1.95 bits per heavy atom. The molecule has 2 unspecified atom stereocenters. The number of hydrogen-bond acceptors (Lipinski definition) is 8. The van der Waals surface area contributed by atoms with E-state index in [-0.39, 0.29) is 17.6 Å². The van der Waals surface area contributed by atoms with Crippen molar-refractivity contribution in [1.82, 2.24) is 34.5 Å². The van der Waals surface area contributed by atoms with Gasteiger partial charge in [-0.3, -0.25) is 24.2 Å². The minimum absolute atomic E-state index is 0.0772. The monoisotopic (exact) mass is 555 g/mol. The first kappa shape index (κ1) is 25.8. The molecule has 212 valence electrons. The van der Waals surface area contributed by atoms with E-state index in [0.29, 0.717) is 35.7 Å². The number of fused-ring (bicyclic) bond motifs is 1. The molecule has 3 aliphatic rings. The van der Waals surface area contributed by atoms with E-state index in [9.17, 15) is 9.59 Å². The first-order chi connectivity index (χ1) is 20.0. The first-order valence-electron chi connectivity index (χ1n) is 14.3. The lowest BCUT2D eigenvalue weighted by molar-refractivity contribution is -0.117. The molecule has 0 aromatic carbocycles. The van der Waals surface area contributed by atoms with E-state index in [0.717, 1.165) is 49.1 Å². The maximum absolute atomic E-state index is 13.2. The molecule has 2 amide bonds. The summed E-state index contributed by atoms with van der Waals surface area (Å²) in [6.07, 6.45) is 12.1. The summed E-state index contributed by atoms with van der Waals surface area (Å²) >= 11 is 0. The molecule has 7 rings (SSSR count). The summed E-state index contributed by atoms with van der Waals surface area (Å²) in [4.78, 5) is 32.5. The summed E-state index contributed by atoms with van der Waals surface area (Å²) in [7, 11) is 0. The van der Waals surface area contributed by atoms with Crippen molar-refractivity contribution in [2.45, 2.75) is 38.6 Å². The van der Waals surface area contributed by atoms with Crippen LogP contribution in [-0.2, 0) is 9.53 Å². The number of ether oxygens (including phenoxy) is 1. The van der Waals surface area contributed by atoms with Gasteiger partial charge in [0.1, 0.15) is 0 Å². The van der Waals surface area contributed by atoms with Crippen LogP contribution in [0.15, 0.2) is 43.0 Å². The van der Waals surface area contributed by atoms with Gasteiger partial charge in [0.25, 0.3) is 5.91 Å². The molecule has 2 saturated heterocycles. The Morgan fingerprint density at radius 3 is 2.78 bits per heavy atom. The second-order valence-corrected chi connectivity index (χ2v) is 11.4. The zero-order valence-corrected chi connectivity index (χ0v) is 23.0. The van der Waals surface area contributed by atoms with E-state index < -0.39 is 5.91 Å². The fraction of sp³-hybridized carbons (Fsp3) is 0.448. The quantitative estimate of drug-likeness (QED) is 0.339. The van der Waals surface area contributed by atoms with Crippen molar-refractivity contribution in [2.24, 2.45) is 11.8 Å². The van der Waals surface area contributed by atoms with E-state index in [1.165, 1.54) is 19.3 Å². The van der Waals surface area contributed by atoms with Crippen LogP contribution in [0.1, 0.15) is 47.9 Å². The summed E-state index contributed by atoms with van der Waals surface area (Å²) in [6, 6.07) is 5.74. The van der Waals surface area contributed by atoms with Gasteiger partial charge in [-0.2, -0.15) is 5.10 Å². The van der Waals surface area contributed by atoms with Crippen LogP contribution in [0.25, 0.3) is 16.6 Å². The minimum atomic E-state index is -0.404. The van der Waals surface area contributed by atoms with Gasteiger partial charge >= 0.3 is 0 Å². The molecular weight excluding hydrogens is 522 g/mol. The van der Waals surface area contributed by atoms with Gasteiger partial charge in [-0.25, -0.2) is 4.52 Å². The number of rotatable bonds is 8. The number of anilines is 2. The summed E-state index contributed by atoms with van der Waals surface area (Å²) in [5, 5.41) is 18.7. The molecule has 2 atom stereocenters. The first-order valence-corrected chi connectivity index (χ1v) is 14.3. The maximum atomic E-state index is 13.2. The van der Waals surface area contributed by atoms with Crippen LogP contribution in [0.4, 0.5) is 11.4 Å². The second kappa shape index (κ2) is 10.7. The molecular formula is C29H33N9O3. The van der Waals surface area contributed by atoms with Crippen LogP contribution < -0.4 is 10.6 Å². The highest BCUT2D eigenvalue weighted by Gasteiger charge is 2.36. The smallest absolute Gasteiger partial charge is 0.278 e. The number of hydrogen-bond donors (Lipinski definition) is 2. The Hall–Kier alpha value is -4.16. The van der Waals surface area contributed by atoms with Gasteiger partial charge in [-0.05, 0) is 63.1 Å². The average molecular weight is 556 g/mol. The molecule has 2 N–H and O–H groups in total. The Balaban J connectivity index is 1.01. The summed E-state index contributed by atoms with van der Waals surface area (Å²) in [6.45, 7) is 5.56. The van der Waals surface area contributed by atoms with Crippen LogP contribution in [0, 0.1) is 18.8 Å². The van der Waals surface area contributed by atoms with Crippen LogP contribution in [0.3, 0.4) is 0 Å². The molecule has 1 aliphatic carbocycles. The van der Waals surface area contributed by atoms with Gasteiger partial charge in [-0.15, -0.1) is 5.10 Å². The van der Waals surface area contributed by atoms with Crippen molar-refractivity contribution in [3.63, 3.8) is 0 Å². The predicted octanol–water partition coefficient (Wildman–Crippen LogP) is 3.18. The Bertz CT molecular complexity index is 1600. The number of pyridine rings is 2. The van der Waals surface area contributed by atoms with E-state index >= 15 is 0 Å². The molecule has 12 heteroatoms. The van der Waals surface area contributed by atoms with Crippen molar-refractivity contribution < 1.29 is 14.3 Å².